The van der Waals surface area contributed by atoms with Crippen LogP contribution in [0.4, 0.5) is 13.2 Å². The van der Waals surface area contributed by atoms with E-state index < -0.39 is 6.61 Å². The van der Waals surface area contributed by atoms with E-state index in [0.29, 0.717) is 5.92 Å². The minimum Gasteiger partial charge on any atom is -0.435 e. The Balaban J connectivity index is 1.75. The molecule has 0 amide bonds. The quantitative estimate of drug-likeness (QED) is 0.359. The Morgan fingerprint density at radius 3 is 2.50 bits per heavy atom. The summed E-state index contributed by atoms with van der Waals surface area (Å²) in [6.45, 7) is -0.620. The van der Waals surface area contributed by atoms with Gasteiger partial charge in [0.25, 0.3) is 0 Å². The molecular formula is C26H27F3O. The van der Waals surface area contributed by atoms with Crippen LogP contribution in [-0.4, -0.2) is 6.61 Å². The Morgan fingerprint density at radius 2 is 1.77 bits per heavy atom. The first-order chi connectivity index (χ1) is 14.6. The van der Waals surface area contributed by atoms with Gasteiger partial charge in [-0.15, -0.1) is 0 Å². The molecule has 0 bridgehead atoms. The van der Waals surface area contributed by atoms with E-state index in [4.69, 9.17) is 0 Å². The number of ether oxygens (including phenoxy) is 1. The summed E-state index contributed by atoms with van der Waals surface area (Å²) in [7, 11) is 0. The average molecular weight is 412 g/mol. The lowest BCUT2D eigenvalue weighted by Crippen LogP contribution is -2.22. The van der Waals surface area contributed by atoms with Crippen molar-refractivity contribution in [1.82, 2.24) is 0 Å². The van der Waals surface area contributed by atoms with Crippen molar-refractivity contribution in [2.24, 2.45) is 5.92 Å². The van der Waals surface area contributed by atoms with Crippen LogP contribution < -0.4 is 4.74 Å². The van der Waals surface area contributed by atoms with Gasteiger partial charge in [0.15, 0.2) is 0 Å². The molecule has 0 aliphatic heterocycles. The van der Waals surface area contributed by atoms with Crippen LogP contribution >= 0.6 is 0 Å². The highest BCUT2D eigenvalue weighted by molar-refractivity contribution is 5.87. The van der Waals surface area contributed by atoms with Crippen molar-refractivity contribution in [2.45, 2.75) is 58.0 Å². The number of rotatable bonds is 7. The average Bonchev–Trinajstić information content (AvgIpc) is 2.73. The minimum atomic E-state index is -2.82. The molecule has 0 radical (unpaired) electrons. The first kappa shape index (κ1) is 20.8. The molecule has 2 atom stereocenters. The molecule has 1 aliphatic rings. The Labute approximate surface area is 175 Å². The second-order valence-electron chi connectivity index (χ2n) is 8.22. The van der Waals surface area contributed by atoms with Crippen molar-refractivity contribution in [2.75, 3.05) is 0 Å². The van der Waals surface area contributed by atoms with Crippen LogP contribution in [0.5, 0.6) is 5.75 Å². The first-order valence-electron chi connectivity index (χ1n) is 10.8. The van der Waals surface area contributed by atoms with Crippen molar-refractivity contribution in [1.29, 1.82) is 0 Å². The van der Waals surface area contributed by atoms with Crippen molar-refractivity contribution in [3.05, 3.63) is 77.1 Å². The van der Waals surface area contributed by atoms with Crippen LogP contribution in [0, 0.1) is 11.7 Å². The van der Waals surface area contributed by atoms with Gasteiger partial charge in [0.2, 0.25) is 0 Å². The molecule has 0 saturated heterocycles. The van der Waals surface area contributed by atoms with E-state index in [1.165, 1.54) is 36.5 Å². The smallest absolute Gasteiger partial charge is 0.387 e. The Bertz CT molecular complexity index is 997. The normalized spacial score (nSPS) is 18.6. The van der Waals surface area contributed by atoms with Gasteiger partial charge in [-0.05, 0) is 76.9 Å². The largest absolute Gasteiger partial charge is 0.435 e. The summed E-state index contributed by atoms with van der Waals surface area (Å²) in [4.78, 5) is 0. The Kier molecular flexibility index (Phi) is 6.31. The maximum absolute atomic E-state index is 14.0. The summed E-state index contributed by atoms with van der Waals surface area (Å²) in [5.41, 5.74) is 3.56. The monoisotopic (exact) mass is 412 g/mol. The second-order valence-corrected chi connectivity index (χ2v) is 8.22. The molecule has 0 aromatic heterocycles. The van der Waals surface area contributed by atoms with Crippen LogP contribution in [0.15, 0.2) is 54.6 Å². The Morgan fingerprint density at radius 1 is 1.00 bits per heavy atom. The van der Waals surface area contributed by atoms with Crippen molar-refractivity contribution >= 4 is 10.8 Å². The number of halogens is 3. The van der Waals surface area contributed by atoms with Gasteiger partial charge in [-0.1, -0.05) is 56.5 Å². The number of alkyl halides is 2. The van der Waals surface area contributed by atoms with E-state index in [9.17, 15) is 13.2 Å². The van der Waals surface area contributed by atoms with E-state index in [1.807, 2.05) is 18.2 Å². The predicted molar refractivity (Wildman–Crippen MR) is 115 cm³/mol. The lowest BCUT2D eigenvalue weighted by molar-refractivity contribution is -0.0498. The maximum Gasteiger partial charge on any atom is 0.387 e. The molecule has 3 aromatic carbocycles. The van der Waals surface area contributed by atoms with E-state index in [1.54, 1.807) is 18.2 Å². The zero-order chi connectivity index (χ0) is 21.1. The van der Waals surface area contributed by atoms with E-state index in [2.05, 4.69) is 23.8 Å². The second kappa shape index (κ2) is 9.11. The predicted octanol–water partition coefficient (Wildman–Crippen LogP) is 7.85. The van der Waals surface area contributed by atoms with E-state index in [-0.39, 0.29) is 17.5 Å². The molecule has 0 N–H and O–H groups in total. The number of aryl methyl sites for hydroxylation is 1. The highest BCUT2D eigenvalue weighted by atomic mass is 19.3. The molecule has 3 aromatic rings. The van der Waals surface area contributed by atoms with Crippen molar-refractivity contribution in [3.8, 4) is 5.75 Å². The summed E-state index contributed by atoms with van der Waals surface area (Å²) in [6, 6.07) is 16.3. The first-order valence-corrected chi connectivity index (χ1v) is 10.8. The third kappa shape index (κ3) is 4.33. The highest BCUT2D eigenvalue weighted by Crippen LogP contribution is 2.45. The molecule has 0 unspecified atom stereocenters. The van der Waals surface area contributed by atoms with Gasteiger partial charge in [-0.3, -0.25) is 0 Å². The van der Waals surface area contributed by atoms with Gasteiger partial charge in [0.1, 0.15) is 11.6 Å². The summed E-state index contributed by atoms with van der Waals surface area (Å²) >= 11 is 0. The molecule has 4 rings (SSSR count). The summed E-state index contributed by atoms with van der Waals surface area (Å²) < 4.78 is 43.6. The zero-order valence-electron chi connectivity index (χ0n) is 17.2. The van der Waals surface area contributed by atoms with Gasteiger partial charge < -0.3 is 4.74 Å². The highest BCUT2D eigenvalue weighted by Gasteiger charge is 2.31. The number of benzene rings is 3. The van der Waals surface area contributed by atoms with Crippen LogP contribution in [-0.2, 0) is 6.42 Å². The maximum atomic E-state index is 14.0. The van der Waals surface area contributed by atoms with Gasteiger partial charge in [-0.25, -0.2) is 4.39 Å². The van der Waals surface area contributed by atoms with Gasteiger partial charge in [-0.2, -0.15) is 8.78 Å². The minimum absolute atomic E-state index is 0.174. The number of hydrogen-bond acceptors (Lipinski definition) is 1. The summed E-state index contributed by atoms with van der Waals surface area (Å²) in [6.07, 6.45) is 6.69. The van der Waals surface area contributed by atoms with Crippen LogP contribution in [0.25, 0.3) is 10.8 Å². The number of fused-ring (bicyclic) bond motifs is 3. The van der Waals surface area contributed by atoms with Gasteiger partial charge in [0, 0.05) is 5.92 Å². The van der Waals surface area contributed by atoms with Gasteiger partial charge >= 0.3 is 6.61 Å². The summed E-state index contributed by atoms with van der Waals surface area (Å²) in [5.74, 6) is 0.620. The standard InChI is InChI=1S/C26H27F3O/c1-2-3-4-5-18-10-14-22-23(15-9-17-6-11-20(27)16-24(17)22)25(18)19-7-12-21(13-8-19)30-26(28)29/h6-9,11-13,15-16,18,25-26H,2-5,10,14H2,1H3/t18-,25-/m1/s1. The summed E-state index contributed by atoms with van der Waals surface area (Å²) in [5, 5.41) is 2.04. The SMILES string of the molecule is CCCCC[C@@H]1CCc2c(ccc3ccc(F)cc23)[C@H]1c1ccc(OC(F)F)cc1. The third-order valence-corrected chi connectivity index (χ3v) is 6.35. The molecule has 1 nitrogen and oxygen atoms in total. The van der Waals surface area contributed by atoms with Crippen LogP contribution in [0.3, 0.4) is 0 Å². The van der Waals surface area contributed by atoms with Crippen LogP contribution in [0.2, 0.25) is 0 Å². The fourth-order valence-electron chi connectivity index (χ4n) is 4.97. The molecule has 30 heavy (non-hydrogen) atoms. The molecule has 0 heterocycles. The van der Waals surface area contributed by atoms with E-state index in [0.717, 1.165) is 35.6 Å². The topological polar surface area (TPSA) is 9.23 Å². The lowest BCUT2D eigenvalue weighted by Gasteiger charge is -2.35. The molecule has 158 valence electrons. The molecule has 0 spiro atoms. The zero-order valence-corrected chi connectivity index (χ0v) is 17.2. The molecule has 0 fully saturated rings. The van der Waals surface area contributed by atoms with Gasteiger partial charge in [0.05, 0.1) is 0 Å². The molecular weight excluding hydrogens is 385 g/mol. The fraction of sp³-hybridized carbons (Fsp3) is 0.385. The lowest BCUT2D eigenvalue weighted by atomic mass is 9.69. The van der Waals surface area contributed by atoms with Crippen molar-refractivity contribution < 1.29 is 17.9 Å². The van der Waals surface area contributed by atoms with E-state index >= 15 is 0 Å². The molecule has 0 saturated carbocycles. The molecule has 1 aliphatic carbocycles. The van der Waals surface area contributed by atoms with Crippen LogP contribution in [0.1, 0.15) is 61.6 Å². The number of unbranched alkanes of at least 4 members (excludes halogenated alkanes) is 2. The fourth-order valence-corrected chi connectivity index (χ4v) is 4.97. The molecule has 4 heteroatoms. The Hall–Kier alpha value is -2.49. The third-order valence-electron chi connectivity index (χ3n) is 6.35. The van der Waals surface area contributed by atoms with Crippen molar-refractivity contribution in [3.63, 3.8) is 0 Å². The number of hydrogen-bond donors (Lipinski definition) is 0.